The normalized spacial score (nSPS) is 46.8. The molecule has 12 nitrogen and oxygen atoms in total. The molecule has 2 aliphatic heterocycles. The molecule has 0 bridgehead atoms. The fourth-order valence-corrected chi connectivity index (χ4v) is 2.98. The Hall–Kier alpha value is -0.930. The van der Waals surface area contributed by atoms with Crippen molar-refractivity contribution < 1.29 is 54.8 Å². The molecular weight excluding hydrogens is 358 g/mol. The molecule has 2 rings (SSSR count). The number of ether oxygens (including phenoxy) is 3. The van der Waals surface area contributed by atoms with Crippen LogP contribution in [0.5, 0.6) is 0 Å². The first-order valence-electron chi connectivity index (χ1n) is 8.06. The molecule has 0 saturated carbocycles. The lowest BCUT2D eigenvalue weighted by atomic mass is 9.95. The number of nitrogens with one attached hydrogen (secondary N) is 1. The Morgan fingerprint density at radius 2 is 1.54 bits per heavy atom. The number of aliphatic hydroxyl groups excluding tert-OH is 7. The van der Waals surface area contributed by atoms with Crippen LogP contribution >= 0.6 is 0 Å². The fraction of sp³-hybridized carbons (Fsp3) is 0.929. The van der Waals surface area contributed by atoms with Gasteiger partial charge in [0.05, 0.1) is 13.2 Å². The summed E-state index contributed by atoms with van der Waals surface area (Å²) in [7, 11) is 0. The van der Waals surface area contributed by atoms with E-state index in [1.54, 1.807) is 0 Å². The molecule has 1 amide bonds. The van der Waals surface area contributed by atoms with Crippen molar-refractivity contribution in [2.45, 2.75) is 68.3 Å². The van der Waals surface area contributed by atoms with Gasteiger partial charge in [0.1, 0.15) is 48.8 Å². The Labute approximate surface area is 148 Å². The minimum absolute atomic E-state index is 0.564. The number of amides is 1. The summed E-state index contributed by atoms with van der Waals surface area (Å²) in [5, 5.41) is 70.7. The van der Waals surface area contributed by atoms with Crippen molar-refractivity contribution in [1.82, 2.24) is 5.32 Å². The number of rotatable bonds is 5. The first-order valence-corrected chi connectivity index (χ1v) is 8.06. The number of carbonyl (C=O) groups excluding carboxylic acids is 1. The average Bonchev–Trinajstić information content (AvgIpc) is 2.60. The van der Waals surface area contributed by atoms with E-state index in [0.717, 1.165) is 6.92 Å². The van der Waals surface area contributed by atoms with E-state index in [-0.39, 0.29) is 0 Å². The molecule has 6 unspecified atom stereocenters. The SMILES string of the molecule is CC(=O)NC1C(O)[C@H](O[C@@H]2OC(CO)[C@H](O)C(O)C2O)C(CO)O[C@H]1O. The standard InChI is InChI=1S/C14H25NO11/c1-4(18)15-7-9(20)12(6(3-17)24-13(7)23)26-14-11(22)10(21)8(19)5(2-16)25-14/h5-14,16-17,19-23H,2-3H2,1H3,(H,15,18)/t5?,6?,7?,8-,9?,10?,11?,12+,13+,14-/m0/s1. The molecule has 10 atom stereocenters. The largest absolute Gasteiger partial charge is 0.394 e. The van der Waals surface area contributed by atoms with E-state index in [2.05, 4.69) is 5.32 Å². The first-order chi connectivity index (χ1) is 12.2. The summed E-state index contributed by atoms with van der Waals surface area (Å²) in [6, 6.07) is -1.29. The van der Waals surface area contributed by atoms with Crippen LogP contribution in [0.15, 0.2) is 0 Å². The van der Waals surface area contributed by atoms with Gasteiger partial charge >= 0.3 is 0 Å². The van der Waals surface area contributed by atoms with Crippen molar-refractivity contribution in [2.24, 2.45) is 0 Å². The summed E-state index contributed by atoms with van der Waals surface area (Å²) in [5.41, 5.74) is 0. The second-order valence-electron chi connectivity index (χ2n) is 6.26. The van der Waals surface area contributed by atoms with E-state index < -0.39 is 80.5 Å². The van der Waals surface area contributed by atoms with Crippen LogP contribution in [0.4, 0.5) is 0 Å². The van der Waals surface area contributed by atoms with E-state index in [4.69, 9.17) is 14.2 Å². The Kier molecular flexibility index (Phi) is 7.27. The molecule has 2 aliphatic rings. The summed E-state index contributed by atoms with van der Waals surface area (Å²) in [6.07, 6.45) is -13.6. The van der Waals surface area contributed by atoms with Crippen LogP contribution in [-0.2, 0) is 19.0 Å². The highest BCUT2D eigenvalue weighted by atomic mass is 16.7. The van der Waals surface area contributed by atoms with E-state index in [0.29, 0.717) is 0 Å². The van der Waals surface area contributed by atoms with Gasteiger partial charge in [-0.05, 0) is 0 Å². The summed E-state index contributed by atoms with van der Waals surface area (Å²) in [5.74, 6) is -0.564. The zero-order valence-electron chi connectivity index (χ0n) is 14.0. The van der Waals surface area contributed by atoms with Crippen molar-refractivity contribution in [3.63, 3.8) is 0 Å². The zero-order valence-corrected chi connectivity index (χ0v) is 14.0. The summed E-state index contributed by atoms with van der Waals surface area (Å²) in [6.45, 7) is -0.195. The van der Waals surface area contributed by atoms with Gasteiger partial charge in [-0.3, -0.25) is 4.79 Å². The molecule has 0 aromatic rings. The van der Waals surface area contributed by atoms with Crippen LogP contribution < -0.4 is 5.32 Å². The predicted octanol–water partition coefficient (Wildman–Crippen LogP) is -5.25. The summed E-state index contributed by atoms with van der Waals surface area (Å²) >= 11 is 0. The third-order valence-corrected chi connectivity index (χ3v) is 4.38. The highest BCUT2D eigenvalue weighted by Gasteiger charge is 2.50. The van der Waals surface area contributed by atoms with Gasteiger partial charge in [-0.2, -0.15) is 0 Å². The van der Waals surface area contributed by atoms with Gasteiger partial charge in [0.2, 0.25) is 5.91 Å². The Bertz CT molecular complexity index is 478. The molecule has 26 heavy (non-hydrogen) atoms. The van der Waals surface area contributed by atoms with Crippen molar-refractivity contribution in [3.05, 3.63) is 0 Å². The van der Waals surface area contributed by atoms with Crippen LogP contribution in [0.2, 0.25) is 0 Å². The van der Waals surface area contributed by atoms with Gasteiger partial charge in [0, 0.05) is 6.92 Å². The number of carbonyl (C=O) groups is 1. The molecule has 0 spiro atoms. The van der Waals surface area contributed by atoms with E-state index >= 15 is 0 Å². The van der Waals surface area contributed by atoms with Crippen molar-refractivity contribution in [1.29, 1.82) is 0 Å². The first kappa shape index (κ1) is 21.4. The molecule has 0 aromatic heterocycles. The van der Waals surface area contributed by atoms with Gasteiger partial charge in [-0.15, -0.1) is 0 Å². The van der Waals surface area contributed by atoms with Crippen LogP contribution in [0.1, 0.15) is 6.92 Å². The Morgan fingerprint density at radius 1 is 0.923 bits per heavy atom. The van der Waals surface area contributed by atoms with Gasteiger partial charge in [-0.1, -0.05) is 0 Å². The van der Waals surface area contributed by atoms with Crippen LogP contribution in [-0.4, -0.2) is 116 Å². The van der Waals surface area contributed by atoms with E-state index in [1.807, 2.05) is 0 Å². The third-order valence-electron chi connectivity index (χ3n) is 4.38. The molecule has 12 heteroatoms. The Balaban J connectivity index is 2.16. The molecule has 2 fully saturated rings. The number of hydrogen-bond acceptors (Lipinski definition) is 11. The molecule has 0 aromatic carbocycles. The monoisotopic (exact) mass is 383 g/mol. The maximum Gasteiger partial charge on any atom is 0.217 e. The number of hydrogen-bond donors (Lipinski definition) is 8. The van der Waals surface area contributed by atoms with E-state index in [1.165, 1.54) is 0 Å². The molecule has 8 N–H and O–H groups in total. The third kappa shape index (κ3) is 4.31. The van der Waals surface area contributed by atoms with Gasteiger partial charge in [0.15, 0.2) is 12.6 Å². The Morgan fingerprint density at radius 3 is 2.08 bits per heavy atom. The lowest BCUT2D eigenvalue weighted by Gasteiger charge is -2.46. The van der Waals surface area contributed by atoms with E-state index in [9.17, 15) is 40.5 Å². The minimum atomic E-state index is -1.73. The summed E-state index contributed by atoms with van der Waals surface area (Å²) in [4.78, 5) is 11.2. The maximum absolute atomic E-state index is 11.2. The molecule has 2 saturated heterocycles. The van der Waals surface area contributed by atoms with Crippen LogP contribution in [0.3, 0.4) is 0 Å². The quantitative estimate of drug-likeness (QED) is 0.226. The smallest absolute Gasteiger partial charge is 0.217 e. The molecule has 2 heterocycles. The lowest BCUT2D eigenvalue weighted by Crippen LogP contribution is -2.67. The highest BCUT2D eigenvalue weighted by Crippen LogP contribution is 2.28. The van der Waals surface area contributed by atoms with Crippen molar-refractivity contribution in [3.8, 4) is 0 Å². The fourth-order valence-electron chi connectivity index (χ4n) is 2.98. The second-order valence-corrected chi connectivity index (χ2v) is 6.26. The highest BCUT2D eigenvalue weighted by molar-refractivity contribution is 5.73. The van der Waals surface area contributed by atoms with Gasteiger partial charge in [-0.25, -0.2) is 0 Å². The topological polar surface area (TPSA) is 198 Å². The molecular formula is C14H25NO11. The van der Waals surface area contributed by atoms with Gasteiger partial charge in [0.25, 0.3) is 0 Å². The average molecular weight is 383 g/mol. The second kappa shape index (κ2) is 8.84. The maximum atomic E-state index is 11.2. The van der Waals surface area contributed by atoms with Crippen LogP contribution in [0.25, 0.3) is 0 Å². The van der Waals surface area contributed by atoms with Gasteiger partial charge < -0.3 is 55.3 Å². The molecule has 0 radical (unpaired) electrons. The predicted molar refractivity (Wildman–Crippen MR) is 80.2 cm³/mol. The van der Waals surface area contributed by atoms with Crippen molar-refractivity contribution in [2.75, 3.05) is 13.2 Å². The number of aliphatic hydroxyl groups is 7. The van der Waals surface area contributed by atoms with Crippen LogP contribution in [0, 0.1) is 0 Å². The molecule has 0 aliphatic carbocycles. The zero-order chi connectivity index (χ0) is 19.6. The minimum Gasteiger partial charge on any atom is -0.394 e. The van der Waals surface area contributed by atoms with Crippen molar-refractivity contribution >= 4 is 5.91 Å². The summed E-state index contributed by atoms with van der Waals surface area (Å²) < 4.78 is 15.7. The molecule has 152 valence electrons. The lowest BCUT2D eigenvalue weighted by molar-refractivity contribution is -0.345.